The van der Waals surface area contributed by atoms with Crippen LogP contribution in [-0.4, -0.2) is 32.1 Å². The number of rotatable bonds is 5. The van der Waals surface area contributed by atoms with Crippen molar-refractivity contribution in [1.29, 1.82) is 0 Å². The highest BCUT2D eigenvalue weighted by atomic mass is 32.2. The maximum atomic E-state index is 5.93. The number of nitrogens with zero attached hydrogens (tertiary/aromatic N) is 4. The van der Waals surface area contributed by atoms with E-state index in [0.717, 1.165) is 12.2 Å². The predicted octanol–water partition coefficient (Wildman–Crippen LogP) is 1.28. The van der Waals surface area contributed by atoms with Crippen molar-refractivity contribution in [1.82, 2.24) is 20.1 Å². The zero-order chi connectivity index (χ0) is 12.1. The SMILES string of the molecule is CSCC[C@H](N)c1nc(-c2ccncn2)no1. The fraction of sp³-hybridized carbons (Fsp3) is 0.400. The fourth-order valence-electron chi connectivity index (χ4n) is 1.28. The van der Waals surface area contributed by atoms with Crippen molar-refractivity contribution in [2.75, 3.05) is 12.0 Å². The van der Waals surface area contributed by atoms with Gasteiger partial charge in [-0.1, -0.05) is 5.16 Å². The Kier molecular flexibility index (Phi) is 4.05. The van der Waals surface area contributed by atoms with Crippen LogP contribution in [0.15, 0.2) is 23.1 Å². The second-order valence-corrected chi connectivity index (χ2v) is 4.42. The summed E-state index contributed by atoms with van der Waals surface area (Å²) < 4.78 is 5.12. The third-order valence-electron chi connectivity index (χ3n) is 2.20. The first-order valence-corrected chi connectivity index (χ1v) is 6.55. The molecule has 0 aliphatic heterocycles. The Bertz CT molecular complexity index is 461. The lowest BCUT2D eigenvalue weighted by molar-refractivity contribution is 0.353. The minimum atomic E-state index is -0.217. The molecule has 2 aromatic heterocycles. The minimum Gasteiger partial charge on any atom is -0.337 e. The van der Waals surface area contributed by atoms with Crippen molar-refractivity contribution >= 4 is 11.8 Å². The van der Waals surface area contributed by atoms with E-state index >= 15 is 0 Å². The van der Waals surface area contributed by atoms with E-state index in [1.807, 2.05) is 6.26 Å². The third-order valence-corrected chi connectivity index (χ3v) is 2.85. The lowest BCUT2D eigenvalue weighted by atomic mass is 10.2. The molecule has 0 spiro atoms. The van der Waals surface area contributed by atoms with Crippen LogP contribution in [0.2, 0.25) is 0 Å². The van der Waals surface area contributed by atoms with Crippen molar-refractivity contribution in [3.8, 4) is 11.5 Å². The molecule has 0 radical (unpaired) electrons. The average molecular weight is 251 g/mol. The molecule has 0 fully saturated rings. The van der Waals surface area contributed by atoms with Crippen LogP contribution >= 0.6 is 11.8 Å². The summed E-state index contributed by atoms with van der Waals surface area (Å²) in [6.45, 7) is 0. The molecule has 0 saturated carbocycles. The van der Waals surface area contributed by atoms with Crippen LogP contribution in [0, 0.1) is 0 Å². The Balaban J connectivity index is 2.11. The van der Waals surface area contributed by atoms with Crippen LogP contribution in [0.4, 0.5) is 0 Å². The first-order chi connectivity index (χ1) is 8.31. The Morgan fingerprint density at radius 2 is 2.41 bits per heavy atom. The summed E-state index contributed by atoms with van der Waals surface area (Å²) >= 11 is 1.74. The molecule has 0 unspecified atom stereocenters. The average Bonchev–Trinajstić information content (AvgIpc) is 2.86. The zero-order valence-corrected chi connectivity index (χ0v) is 10.2. The molecule has 17 heavy (non-hydrogen) atoms. The highest BCUT2D eigenvalue weighted by molar-refractivity contribution is 7.98. The molecule has 2 N–H and O–H groups in total. The lowest BCUT2D eigenvalue weighted by Gasteiger charge is -2.03. The Hall–Kier alpha value is -1.47. The maximum absolute atomic E-state index is 5.93. The number of thioether (sulfide) groups is 1. The summed E-state index contributed by atoms with van der Waals surface area (Å²) in [5.74, 6) is 1.86. The van der Waals surface area contributed by atoms with Gasteiger partial charge in [-0.2, -0.15) is 16.7 Å². The number of hydrogen-bond acceptors (Lipinski definition) is 7. The predicted molar refractivity (Wildman–Crippen MR) is 65.3 cm³/mol. The van der Waals surface area contributed by atoms with Crippen molar-refractivity contribution in [3.63, 3.8) is 0 Å². The van der Waals surface area contributed by atoms with Crippen LogP contribution in [-0.2, 0) is 0 Å². The topological polar surface area (TPSA) is 90.7 Å². The highest BCUT2D eigenvalue weighted by Crippen LogP contribution is 2.17. The van der Waals surface area contributed by atoms with Gasteiger partial charge in [0.25, 0.3) is 0 Å². The van der Waals surface area contributed by atoms with E-state index in [0.29, 0.717) is 17.4 Å². The molecule has 0 amide bonds. The van der Waals surface area contributed by atoms with Gasteiger partial charge in [0.15, 0.2) is 0 Å². The van der Waals surface area contributed by atoms with Gasteiger partial charge in [0.2, 0.25) is 11.7 Å². The monoisotopic (exact) mass is 251 g/mol. The van der Waals surface area contributed by atoms with Crippen LogP contribution in [0.25, 0.3) is 11.5 Å². The molecule has 90 valence electrons. The maximum Gasteiger partial charge on any atom is 0.243 e. The first-order valence-electron chi connectivity index (χ1n) is 5.15. The second-order valence-electron chi connectivity index (χ2n) is 3.44. The Labute approximate surface area is 103 Å². The van der Waals surface area contributed by atoms with E-state index in [2.05, 4.69) is 20.1 Å². The molecule has 1 atom stereocenters. The van der Waals surface area contributed by atoms with E-state index in [4.69, 9.17) is 10.3 Å². The van der Waals surface area contributed by atoms with E-state index in [1.54, 1.807) is 24.0 Å². The van der Waals surface area contributed by atoms with Gasteiger partial charge in [-0.3, -0.25) is 0 Å². The molecule has 6 nitrogen and oxygen atoms in total. The molecule has 0 aromatic carbocycles. The Morgan fingerprint density at radius 3 is 3.12 bits per heavy atom. The molecule has 0 aliphatic carbocycles. The molecular formula is C10H13N5OS. The van der Waals surface area contributed by atoms with E-state index in [9.17, 15) is 0 Å². The van der Waals surface area contributed by atoms with Crippen LogP contribution < -0.4 is 5.73 Å². The van der Waals surface area contributed by atoms with Gasteiger partial charge < -0.3 is 10.3 Å². The van der Waals surface area contributed by atoms with Gasteiger partial charge in [-0.15, -0.1) is 0 Å². The van der Waals surface area contributed by atoms with Crippen molar-refractivity contribution in [2.24, 2.45) is 5.73 Å². The van der Waals surface area contributed by atoms with Gasteiger partial charge in [0.1, 0.15) is 12.0 Å². The van der Waals surface area contributed by atoms with Crippen LogP contribution in [0.3, 0.4) is 0 Å². The normalized spacial score (nSPS) is 12.6. The number of nitrogens with two attached hydrogens (primary N) is 1. The molecule has 2 heterocycles. The van der Waals surface area contributed by atoms with Gasteiger partial charge in [0, 0.05) is 6.20 Å². The largest absolute Gasteiger partial charge is 0.337 e. The van der Waals surface area contributed by atoms with Crippen LogP contribution in [0.5, 0.6) is 0 Å². The minimum absolute atomic E-state index is 0.217. The molecule has 0 saturated heterocycles. The summed E-state index contributed by atoms with van der Waals surface area (Å²) in [5.41, 5.74) is 6.56. The smallest absolute Gasteiger partial charge is 0.243 e. The lowest BCUT2D eigenvalue weighted by Crippen LogP contribution is -2.11. The molecule has 7 heteroatoms. The summed E-state index contributed by atoms with van der Waals surface area (Å²) in [5, 5.41) is 3.85. The summed E-state index contributed by atoms with van der Waals surface area (Å²) in [6, 6.07) is 1.51. The van der Waals surface area contributed by atoms with Gasteiger partial charge in [0.05, 0.1) is 6.04 Å². The van der Waals surface area contributed by atoms with Crippen molar-refractivity contribution < 1.29 is 4.52 Å². The fourth-order valence-corrected chi connectivity index (χ4v) is 1.77. The second kappa shape index (κ2) is 5.74. The van der Waals surface area contributed by atoms with Crippen molar-refractivity contribution in [3.05, 3.63) is 24.5 Å². The van der Waals surface area contributed by atoms with Gasteiger partial charge in [-0.25, -0.2) is 9.97 Å². The molecule has 0 aliphatic rings. The first kappa shape index (κ1) is 12.0. The van der Waals surface area contributed by atoms with E-state index in [-0.39, 0.29) is 6.04 Å². The highest BCUT2D eigenvalue weighted by Gasteiger charge is 2.15. The quantitative estimate of drug-likeness (QED) is 0.855. The molecule has 0 bridgehead atoms. The standard InChI is InChI=1S/C10H13N5OS/c1-17-5-3-7(11)10-14-9(15-16-10)8-2-4-12-6-13-8/h2,4,6-7H,3,5,11H2,1H3/t7-/m0/s1. The van der Waals surface area contributed by atoms with Crippen LogP contribution in [0.1, 0.15) is 18.4 Å². The van der Waals surface area contributed by atoms with Crippen molar-refractivity contribution in [2.45, 2.75) is 12.5 Å². The molecule has 2 aromatic rings. The third kappa shape index (κ3) is 3.01. The molecular weight excluding hydrogens is 238 g/mol. The number of hydrogen-bond donors (Lipinski definition) is 1. The Morgan fingerprint density at radius 1 is 1.53 bits per heavy atom. The summed E-state index contributed by atoms with van der Waals surface area (Å²) in [4.78, 5) is 12.1. The summed E-state index contributed by atoms with van der Waals surface area (Å²) in [6.07, 6.45) is 5.92. The van der Waals surface area contributed by atoms with Gasteiger partial charge in [-0.05, 0) is 24.5 Å². The van der Waals surface area contributed by atoms with E-state index in [1.165, 1.54) is 6.33 Å². The van der Waals surface area contributed by atoms with Gasteiger partial charge >= 0.3 is 0 Å². The van der Waals surface area contributed by atoms with E-state index < -0.39 is 0 Å². The zero-order valence-electron chi connectivity index (χ0n) is 9.41. The molecule has 2 rings (SSSR count). The summed E-state index contributed by atoms with van der Waals surface area (Å²) in [7, 11) is 0. The number of aromatic nitrogens is 4.